The molecule has 0 spiro atoms. The fraction of sp³-hybridized carbons (Fsp3) is 0.938. The molecule has 0 aromatic heterocycles. The summed E-state index contributed by atoms with van der Waals surface area (Å²) in [6.07, 6.45) is 5.71. The average molecular weight is 266 g/mol. The van der Waals surface area contributed by atoms with E-state index < -0.39 is 0 Å². The molecule has 2 fully saturated rings. The van der Waals surface area contributed by atoms with E-state index in [4.69, 9.17) is 0 Å². The van der Waals surface area contributed by atoms with E-state index in [0.717, 1.165) is 51.4 Å². The van der Waals surface area contributed by atoms with Gasteiger partial charge in [-0.05, 0) is 25.3 Å². The third-order valence-corrected chi connectivity index (χ3v) is 4.96. The molecule has 2 rings (SSSR count). The number of carbonyl (C=O) groups excluding carboxylic acids is 1. The molecule has 0 amide bonds. The molecule has 0 N–H and O–H groups in total. The summed E-state index contributed by atoms with van der Waals surface area (Å²) >= 11 is 0. The van der Waals surface area contributed by atoms with Gasteiger partial charge in [0, 0.05) is 45.1 Å². The molecule has 0 radical (unpaired) electrons. The topological polar surface area (TPSA) is 23.6 Å². The monoisotopic (exact) mass is 266 g/mol. The van der Waals surface area contributed by atoms with Gasteiger partial charge in [0.15, 0.2) is 0 Å². The van der Waals surface area contributed by atoms with Crippen LogP contribution >= 0.6 is 0 Å². The second-order valence-electron chi connectivity index (χ2n) is 6.33. The molecule has 1 aliphatic heterocycles. The van der Waals surface area contributed by atoms with E-state index in [1.807, 2.05) is 0 Å². The molecule has 0 aromatic carbocycles. The Hall–Kier alpha value is -0.410. The van der Waals surface area contributed by atoms with E-state index in [2.05, 4.69) is 23.6 Å². The van der Waals surface area contributed by atoms with Crippen LogP contribution in [0.15, 0.2) is 0 Å². The Labute approximate surface area is 118 Å². The molecule has 110 valence electrons. The summed E-state index contributed by atoms with van der Waals surface area (Å²) < 4.78 is 0. The van der Waals surface area contributed by atoms with Gasteiger partial charge in [0.25, 0.3) is 0 Å². The lowest BCUT2D eigenvalue weighted by Gasteiger charge is -2.37. The molecule has 3 heteroatoms. The van der Waals surface area contributed by atoms with Gasteiger partial charge in [0.05, 0.1) is 0 Å². The van der Waals surface area contributed by atoms with E-state index in [-0.39, 0.29) is 0 Å². The molecule has 2 aliphatic rings. The van der Waals surface area contributed by atoms with Gasteiger partial charge in [0.2, 0.25) is 0 Å². The number of piperazine rings is 1. The smallest absolute Gasteiger partial charge is 0.137 e. The minimum atomic E-state index is 0.332. The Bertz CT molecular complexity index is 284. The molecule has 0 bridgehead atoms. The quantitative estimate of drug-likeness (QED) is 0.763. The molecule has 0 aromatic rings. The third-order valence-electron chi connectivity index (χ3n) is 4.96. The highest BCUT2D eigenvalue weighted by Crippen LogP contribution is 2.30. The number of ketones is 1. The van der Waals surface area contributed by atoms with Crippen LogP contribution in [0.3, 0.4) is 0 Å². The fourth-order valence-corrected chi connectivity index (χ4v) is 3.65. The Morgan fingerprint density at radius 3 is 2.42 bits per heavy atom. The van der Waals surface area contributed by atoms with E-state index in [0.29, 0.717) is 11.7 Å². The van der Waals surface area contributed by atoms with Crippen LogP contribution in [-0.4, -0.2) is 54.9 Å². The van der Waals surface area contributed by atoms with Crippen molar-refractivity contribution in [2.75, 3.05) is 39.3 Å². The molecule has 2 atom stereocenters. The summed E-state index contributed by atoms with van der Waals surface area (Å²) in [5, 5.41) is 0. The highest BCUT2D eigenvalue weighted by atomic mass is 16.1. The van der Waals surface area contributed by atoms with Crippen LogP contribution in [0.25, 0.3) is 0 Å². The molecule has 1 saturated carbocycles. The van der Waals surface area contributed by atoms with E-state index in [1.54, 1.807) is 0 Å². The van der Waals surface area contributed by atoms with Crippen molar-refractivity contribution in [3.05, 3.63) is 0 Å². The first kappa shape index (κ1) is 15.0. The lowest BCUT2D eigenvalue weighted by atomic mass is 9.78. The van der Waals surface area contributed by atoms with E-state index >= 15 is 0 Å². The number of hydrogen-bond acceptors (Lipinski definition) is 3. The van der Waals surface area contributed by atoms with Gasteiger partial charge >= 0.3 is 0 Å². The summed E-state index contributed by atoms with van der Waals surface area (Å²) in [5.41, 5.74) is 0. The van der Waals surface area contributed by atoms with Crippen molar-refractivity contribution in [1.29, 1.82) is 0 Å². The van der Waals surface area contributed by atoms with Gasteiger partial charge < -0.3 is 9.80 Å². The summed E-state index contributed by atoms with van der Waals surface area (Å²) in [7, 11) is 0. The highest BCUT2D eigenvalue weighted by Gasteiger charge is 2.30. The lowest BCUT2D eigenvalue weighted by Crippen LogP contribution is -2.48. The van der Waals surface area contributed by atoms with Crippen LogP contribution in [0.5, 0.6) is 0 Å². The summed E-state index contributed by atoms with van der Waals surface area (Å²) in [6, 6.07) is 0. The van der Waals surface area contributed by atoms with Crippen LogP contribution in [0.2, 0.25) is 0 Å². The van der Waals surface area contributed by atoms with E-state index in [1.165, 1.54) is 25.9 Å². The lowest BCUT2D eigenvalue weighted by molar-refractivity contribution is -0.126. The number of rotatable bonds is 5. The molecular formula is C16H30N2O. The van der Waals surface area contributed by atoms with Crippen LogP contribution in [0, 0.1) is 11.8 Å². The highest BCUT2D eigenvalue weighted by molar-refractivity contribution is 5.81. The number of carbonyl (C=O) groups is 1. The number of hydrogen-bond donors (Lipinski definition) is 0. The molecule has 2 unspecified atom stereocenters. The van der Waals surface area contributed by atoms with Gasteiger partial charge in [-0.3, -0.25) is 4.79 Å². The zero-order chi connectivity index (χ0) is 13.7. The first-order chi connectivity index (χ1) is 9.22. The summed E-state index contributed by atoms with van der Waals surface area (Å²) in [6.45, 7) is 11.3. The minimum Gasteiger partial charge on any atom is -0.301 e. The first-order valence-electron chi connectivity index (χ1n) is 8.20. The molecule has 1 aliphatic carbocycles. The Kier molecular flexibility index (Phi) is 5.83. The largest absolute Gasteiger partial charge is 0.301 e. The average Bonchev–Trinajstić information content (AvgIpc) is 2.44. The van der Waals surface area contributed by atoms with E-state index in [9.17, 15) is 4.79 Å². The Morgan fingerprint density at radius 2 is 1.79 bits per heavy atom. The van der Waals surface area contributed by atoms with Crippen LogP contribution in [-0.2, 0) is 4.79 Å². The maximum atomic E-state index is 12.1. The normalized spacial score (nSPS) is 30.7. The predicted molar refractivity (Wildman–Crippen MR) is 79.3 cm³/mol. The van der Waals surface area contributed by atoms with Gasteiger partial charge in [-0.2, -0.15) is 0 Å². The van der Waals surface area contributed by atoms with Crippen molar-refractivity contribution >= 4 is 5.78 Å². The molecule has 3 nitrogen and oxygen atoms in total. The van der Waals surface area contributed by atoms with Crippen LogP contribution in [0.4, 0.5) is 0 Å². The van der Waals surface area contributed by atoms with Crippen molar-refractivity contribution in [2.24, 2.45) is 11.8 Å². The van der Waals surface area contributed by atoms with Gasteiger partial charge in [-0.1, -0.05) is 26.7 Å². The van der Waals surface area contributed by atoms with Crippen molar-refractivity contribution in [2.45, 2.75) is 46.0 Å². The van der Waals surface area contributed by atoms with Crippen molar-refractivity contribution in [3.63, 3.8) is 0 Å². The van der Waals surface area contributed by atoms with Gasteiger partial charge in [0.1, 0.15) is 5.78 Å². The van der Waals surface area contributed by atoms with Crippen molar-refractivity contribution in [3.8, 4) is 0 Å². The summed E-state index contributed by atoms with van der Waals surface area (Å²) in [5.74, 6) is 1.67. The third kappa shape index (κ3) is 4.28. The van der Waals surface area contributed by atoms with Crippen LogP contribution < -0.4 is 0 Å². The molecule has 1 heterocycles. The maximum absolute atomic E-state index is 12.1. The number of Topliss-reactive ketones (excluding diaryl/α,β-unsaturated/α-hetero) is 1. The van der Waals surface area contributed by atoms with Crippen molar-refractivity contribution in [1.82, 2.24) is 9.80 Å². The maximum Gasteiger partial charge on any atom is 0.137 e. The standard InChI is InChI=1S/C16H30N2O/c1-3-5-14-6-7-16(19)15(12-14)13-18-10-8-17(4-2)9-11-18/h14-15H,3-13H2,1-2H3. The van der Waals surface area contributed by atoms with Gasteiger partial charge in [-0.15, -0.1) is 0 Å². The second-order valence-corrected chi connectivity index (χ2v) is 6.33. The Morgan fingerprint density at radius 1 is 1.11 bits per heavy atom. The SMILES string of the molecule is CCCC1CCC(=O)C(CN2CCN(CC)CC2)C1. The minimum absolute atomic E-state index is 0.332. The Balaban J connectivity index is 1.79. The summed E-state index contributed by atoms with van der Waals surface area (Å²) in [4.78, 5) is 17.1. The zero-order valence-corrected chi connectivity index (χ0v) is 12.7. The molecule has 1 saturated heterocycles. The second kappa shape index (κ2) is 7.39. The molecular weight excluding hydrogens is 236 g/mol. The predicted octanol–water partition coefficient (Wildman–Crippen LogP) is 2.41. The number of likely N-dealkylation sites (N-methyl/N-ethyl adjacent to an activating group) is 1. The van der Waals surface area contributed by atoms with Gasteiger partial charge in [-0.25, -0.2) is 0 Å². The van der Waals surface area contributed by atoms with Crippen molar-refractivity contribution < 1.29 is 4.79 Å². The zero-order valence-electron chi connectivity index (χ0n) is 12.7. The fourth-order valence-electron chi connectivity index (χ4n) is 3.65. The van der Waals surface area contributed by atoms with Crippen LogP contribution in [0.1, 0.15) is 46.0 Å². The number of nitrogens with zero attached hydrogens (tertiary/aromatic N) is 2. The first-order valence-corrected chi connectivity index (χ1v) is 8.20. The molecule has 19 heavy (non-hydrogen) atoms.